The fourth-order valence-corrected chi connectivity index (χ4v) is 3.48. The molecular formula is C15H22F2O3Si. The van der Waals surface area contributed by atoms with Crippen molar-refractivity contribution in [3.8, 4) is 0 Å². The van der Waals surface area contributed by atoms with E-state index < -0.39 is 26.1 Å². The number of alkyl halides is 2. The normalized spacial score (nSPS) is 13.9. The first-order chi connectivity index (χ1) is 9.58. The SMILES string of the molecule is CCOC(=O)C(F)(F)C(O)c1cccc(C[Si](C)(C)C)c1. The Balaban J connectivity index is 2.99. The number of carbonyl (C=O) groups excluding carboxylic acids is 1. The Morgan fingerprint density at radius 1 is 1.38 bits per heavy atom. The van der Waals surface area contributed by atoms with Crippen LogP contribution in [0.5, 0.6) is 0 Å². The standard InChI is InChI=1S/C15H22F2O3Si/c1-5-20-14(19)15(16,17)13(18)12-8-6-7-11(9-12)10-21(2,3)4/h6-9,13,18H,5,10H2,1-4H3. The third-order valence-corrected chi connectivity index (χ3v) is 4.36. The number of halogens is 2. The molecule has 1 aromatic carbocycles. The Labute approximate surface area is 124 Å². The fourth-order valence-electron chi connectivity index (χ4n) is 2.03. The third kappa shape index (κ3) is 4.89. The fraction of sp³-hybridized carbons (Fsp3) is 0.533. The van der Waals surface area contributed by atoms with Crippen molar-refractivity contribution in [1.82, 2.24) is 0 Å². The second-order valence-electron chi connectivity index (χ2n) is 6.23. The highest BCUT2D eigenvalue weighted by atomic mass is 28.3. The second kappa shape index (κ2) is 6.66. The maximum absolute atomic E-state index is 13.8. The van der Waals surface area contributed by atoms with Gasteiger partial charge in [-0.2, -0.15) is 8.78 Å². The predicted molar refractivity (Wildman–Crippen MR) is 80.0 cm³/mol. The van der Waals surface area contributed by atoms with Gasteiger partial charge in [0, 0.05) is 8.07 Å². The number of benzene rings is 1. The molecule has 6 heteroatoms. The average Bonchev–Trinajstić information content (AvgIpc) is 2.36. The molecule has 0 spiro atoms. The summed E-state index contributed by atoms with van der Waals surface area (Å²) in [7, 11) is -1.40. The molecule has 0 aromatic heterocycles. The summed E-state index contributed by atoms with van der Waals surface area (Å²) in [6, 6.07) is 7.21. The number of carbonyl (C=O) groups is 1. The number of hydrogen-bond acceptors (Lipinski definition) is 3. The van der Waals surface area contributed by atoms with E-state index in [4.69, 9.17) is 0 Å². The first-order valence-corrected chi connectivity index (χ1v) is 10.6. The smallest absolute Gasteiger partial charge is 0.380 e. The highest BCUT2D eigenvalue weighted by Crippen LogP contribution is 2.33. The van der Waals surface area contributed by atoms with E-state index in [0.717, 1.165) is 11.6 Å². The minimum Gasteiger partial charge on any atom is -0.461 e. The molecule has 0 amide bonds. The zero-order chi connectivity index (χ0) is 16.3. The zero-order valence-electron chi connectivity index (χ0n) is 12.8. The van der Waals surface area contributed by atoms with Crippen LogP contribution >= 0.6 is 0 Å². The number of aliphatic hydroxyl groups is 1. The lowest BCUT2D eigenvalue weighted by molar-refractivity contribution is -0.189. The molecule has 1 aromatic rings. The predicted octanol–water partition coefficient (Wildman–Crippen LogP) is 3.34. The monoisotopic (exact) mass is 316 g/mol. The summed E-state index contributed by atoms with van der Waals surface area (Å²) in [6.07, 6.45) is -2.20. The van der Waals surface area contributed by atoms with E-state index in [0.29, 0.717) is 0 Å². The minimum absolute atomic E-state index is 0.0313. The molecule has 118 valence electrons. The summed E-state index contributed by atoms with van der Waals surface area (Å²) < 4.78 is 32.0. The number of aliphatic hydroxyl groups excluding tert-OH is 1. The van der Waals surface area contributed by atoms with Crippen molar-refractivity contribution < 1.29 is 23.4 Å². The van der Waals surface area contributed by atoms with E-state index in [1.54, 1.807) is 6.07 Å². The lowest BCUT2D eigenvalue weighted by Gasteiger charge is -2.22. The molecule has 0 aliphatic carbocycles. The maximum atomic E-state index is 13.8. The van der Waals surface area contributed by atoms with Gasteiger partial charge in [-0.25, -0.2) is 4.79 Å². The molecule has 21 heavy (non-hydrogen) atoms. The van der Waals surface area contributed by atoms with E-state index in [-0.39, 0.29) is 12.2 Å². The summed E-state index contributed by atoms with van der Waals surface area (Å²) in [5.41, 5.74) is 0.925. The lowest BCUT2D eigenvalue weighted by atomic mass is 10.0. The molecule has 0 aliphatic heterocycles. The van der Waals surface area contributed by atoms with Crippen molar-refractivity contribution in [2.75, 3.05) is 6.61 Å². The minimum atomic E-state index is -3.95. The highest BCUT2D eigenvalue weighted by molar-refractivity contribution is 6.75. The molecule has 1 N–H and O–H groups in total. The molecule has 1 unspecified atom stereocenters. The Bertz CT molecular complexity index is 498. The Morgan fingerprint density at radius 3 is 2.52 bits per heavy atom. The van der Waals surface area contributed by atoms with Gasteiger partial charge < -0.3 is 9.84 Å². The third-order valence-electron chi connectivity index (χ3n) is 2.89. The van der Waals surface area contributed by atoms with Gasteiger partial charge in [0.1, 0.15) is 0 Å². The summed E-state index contributed by atoms with van der Waals surface area (Å²) in [4.78, 5) is 11.3. The van der Waals surface area contributed by atoms with Crippen molar-refractivity contribution in [2.45, 2.75) is 44.6 Å². The zero-order valence-corrected chi connectivity index (χ0v) is 13.8. The highest BCUT2D eigenvalue weighted by Gasteiger charge is 2.49. The summed E-state index contributed by atoms with van der Waals surface area (Å²) >= 11 is 0. The van der Waals surface area contributed by atoms with Crippen molar-refractivity contribution in [3.63, 3.8) is 0 Å². The van der Waals surface area contributed by atoms with Crippen molar-refractivity contribution >= 4 is 14.0 Å². The van der Waals surface area contributed by atoms with Crippen LogP contribution in [0.15, 0.2) is 24.3 Å². The van der Waals surface area contributed by atoms with E-state index in [9.17, 15) is 18.7 Å². The van der Waals surface area contributed by atoms with E-state index in [2.05, 4.69) is 24.4 Å². The maximum Gasteiger partial charge on any atom is 0.380 e. The van der Waals surface area contributed by atoms with Crippen LogP contribution in [0.4, 0.5) is 8.78 Å². The lowest BCUT2D eigenvalue weighted by Crippen LogP contribution is -2.37. The largest absolute Gasteiger partial charge is 0.461 e. The van der Waals surface area contributed by atoms with Crippen LogP contribution in [0.25, 0.3) is 0 Å². The molecular weight excluding hydrogens is 294 g/mol. The Hall–Kier alpha value is -1.27. The van der Waals surface area contributed by atoms with Gasteiger partial charge in [-0.05, 0) is 18.5 Å². The van der Waals surface area contributed by atoms with Gasteiger partial charge >= 0.3 is 11.9 Å². The molecule has 3 nitrogen and oxygen atoms in total. The van der Waals surface area contributed by atoms with Gasteiger partial charge in [-0.15, -0.1) is 0 Å². The quantitative estimate of drug-likeness (QED) is 0.647. The van der Waals surface area contributed by atoms with Gasteiger partial charge in [0.05, 0.1) is 6.61 Å². The van der Waals surface area contributed by atoms with Crippen molar-refractivity contribution in [3.05, 3.63) is 35.4 Å². The second-order valence-corrected chi connectivity index (χ2v) is 11.7. The molecule has 0 heterocycles. The average molecular weight is 316 g/mol. The molecule has 1 atom stereocenters. The Morgan fingerprint density at radius 2 is 2.00 bits per heavy atom. The Kier molecular flexibility index (Phi) is 5.64. The van der Waals surface area contributed by atoms with Crippen molar-refractivity contribution in [2.24, 2.45) is 0 Å². The number of hydrogen-bond donors (Lipinski definition) is 1. The van der Waals surface area contributed by atoms with E-state index >= 15 is 0 Å². The van der Waals surface area contributed by atoms with Crippen LogP contribution in [0, 0.1) is 0 Å². The first-order valence-electron chi connectivity index (χ1n) is 6.90. The molecule has 0 fully saturated rings. The van der Waals surface area contributed by atoms with E-state index in [1.807, 2.05) is 6.07 Å². The summed E-state index contributed by atoms with van der Waals surface area (Å²) in [5, 5.41) is 9.83. The van der Waals surface area contributed by atoms with Crippen LogP contribution in [-0.2, 0) is 15.6 Å². The van der Waals surface area contributed by atoms with Crippen LogP contribution in [0.3, 0.4) is 0 Å². The van der Waals surface area contributed by atoms with Crippen LogP contribution in [-0.4, -0.2) is 31.7 Å². The van der Waals surface area contributed by atoms with Gasteiger partial charge in [0.15, 0.2) is 6.10 Å². The number of esters is 1. The van der Waals surface area contributed by atoms with Crippen LogP contribution in [0.1, 0.15) is 24.2 Å². The van der Waals surface area contributed by atoms with Gasteiger partial charge in [-0.3, -0.25) is 0 Å². The number of ether oxygens (including phenoxy) is 1. The van der Waals surface area contributed by atoms with Crippen LogP contribution < -0.4 is 0 Å². The molecule has 0 saturated heterocycles. The molecule has 1 rings (SSSR count). The molecule has 0 saturated carbocycles. The van der Waals surface area contributed by atoms with Gasteiger partial charge in [-0.1, -0.05) is 49.5 Å². The summed E-state index contributed by atoms with van der Waals surface area (Å²) in [5.74, 6) is -5.65. The summed E-state index contributed by atoms with van der Waals surface area (Å²) in [6.45, 7) is 7.79. The topological polar surface area (TPSA) is 46.5 Å². The van der Waals surface area contributed by atoms with Gasteiger partial charge in [0.25, 0.3) is 0 Å². The molecule has 0 bridgehead atoms. The molecule has 0 radical (unpaired) electrons. The molecule has 0 aliphatic rings. The van der Waals surface area contributed by atoms with Gasteiger partial charge in [0.2, 0.25) is 0 Å². The first kappa shape index (κ1) is 17.8. The van der Waals surface area contributed by atoms with Crippen molar-refractivity contribution in [1.29, 1.82) is 0 Å². The van der Waals surface area contributed by atoms with E-state index in [1.165, 1.54) is 19.1 Å². The number of rotatable bonds is 6. The van der Waals surface area contributed by atoms with Crippen LogP contribution in [0.2, 0.25) is 19.6 Å².